The molecule has 3 nitrogen and oxygen atoms in total. The van der Waals surface area contributed by atoms with Crippen LogP contribution in [0.3, 0.4) is 0 Å². The van der Waals surface area contributed by atoms with Crippen LogP contribution in [-0.4, -0.2) is 30.5 Å². The zero-order chi connectivity index (χ0) is 19.8. The average Bonchev–Trinajstić information content (AvgIpc) is 2.61. The van der Waals surface area contributed by atoms with E-state index in [9.17, 15) is 9.90 Å². The number of nitrogens with one attached hydrogen (secondary N) is 1. The van der Waals surface area contributed by atoms with Crippen molar-refractivity contribution in [3.8, 4) is 0 Å². The molecule has 1 saturated heterocycles. The average molecular weight is 484 g/mol. The summed E-state index contributed by atoms with van der Waals surface area (Å²) in [4.78, 5) is 14.6. The molecule has 2 aromatic carbocycles. The number of carbonyl (C=O) groups excluding carboxylic acids is 1. The zero-order valence-corrected chi connectivity index (χ0v) is 18.9. The summed E-state index contributed by atoms with van der Waals surface area (Å²) < 4.78 is 0. The first kappa shape index (κ1) is 23.8. The van der Waals surface area contributed by atoms with Crippen molar-refractivity contribution in [2.75, 3.05) is 19.6 Å². The lowest BCUT2D eigenvalue weighted by atomic mass is 9.72. The summed E-state index contributed by atoms with van der Waals surface area (Å²) in [5, 5.41) is 13.2. The molecular formula is C20H20Cl5NO2. The molecule has 0 aliphatic carbocycles. The van der Waals surface area contributed by atoms with E-state index in [1.165, 1.54) is 11.0 Å². The highest BCUT2D eigenvalue weighted by atomic mass is 35.5. The minimum Gasteiger partial charge on any atom is -1.00 e. The topological polar surface area (TPSA) is 41.7 Å². The van der Waals surface area contributed by atoms with Gasteiger partial charge in [-0.25, -0.2) is 0 Å². The third kappa shape index (κ3) is 4.62. The van der Waals surface area contributed by atoms with Crippen LogP contribution in [0.1, 0.15) is 29.3 Å². The van der Waals surface area contributed by atoms with Gasteiger partial charge in [0.2, 0.25) is 0 Å². The second-order valence-electron chi connectivity index (χ2n) is 6.90. The number of halogens is 5. The van der Waals surface area contributed by atoms with E-state index in [4.69, 9.17) is 46.4 Å². The number of carbonyl (C=O) groups is 1. The van der Waals surface area contributed by atoms with Crippen LogP contribution < -0.4 is 17.3 Å². The fourth-order valence-electron chi connectivity index (χ4n) is 3.77. The standard InChI is InChI=1S/C20H19Cl4NO2.ClH/c1-2-25-8-7-20(27,15-6-4-13(22)10-18(15)24)16(11-25)19(26)14-5-3-12(21)9-17(14)23;/h3-6,9-10,16,27H,2,7-8,11H2,1H3;1H/t16-,20+;/m0./s1. The maximum atomic E-state index is 13.4. The number of piperidine rings is 1. The molecule has 0 bridgehead atoms. The fourth-order valence-corrected chi connectivity index (χ4v) is 4.85. The number of benzene rings is 2. The molecule has 0 radical (unpaired) electrons. The SMILES string of the molecule is CC[NH+]1CC[C@@](O)(c2ccc(Cl)cc2Cl)[C@H](C(=O)c2ccc(Cl)cc2Cl)C1.[Cl-]. The van der Waals surface area contributed by atoms with E-state index < -0.39 is 11.5 Å². The van der Waals surface area contributed by atoms with Crippen LogP contribution in [0, 0.1) is 5.92 Å². The number of ketones is 1. The van der Waals surface area contributed by atoms with Crippen LogP contribution in [0.5, 0.6) is 0 Å². The molecule has 0 saturated carbocycles. The first-order valence-electron chi connectivity index (χ1n) is 8.77. The molecule has 152 valence electrons. The van der Waals surface area contributed by atoms with E-state index in [0.29, 0.717) is 39.2 Å². The van der Waals surface area contributed by atoms with E-state index in [-0.39, 0.29) is 23.2 Å². The van der Waals surface area contributed by atoms with Crippen molar-refractivity contribution in [3.63, 3.8) is 0 Å². The third-order valence-electron chi connectivity index (χ3n) is 5.34. The number of quaternary nitrogens is 1. The van der Waals surface area contributed by atoms with Gasteiger partial charge >= 0.3 is 0 Å². The van der Waals surface area contributed by atoms with Gasteiger partial charge in [0, 0.05) is 32.6 Å². The second-order valence-corrected chi connectivity index (χ2v) is 8.58. The summed E-state index contributed by atoms with van der Waals surface area (Å²) in [6.07, 6.45) is 0.416. The lowest BCUT2D eigenvalue weighted by Crippen LogP contribution is -3.14. The first-order chi connectivity index (χ1) is 12.8. The summed E-state index contributed by atoms with van der Waals surface area (Å²) in [5.41, 5.74) is -0.514. The Morgan fingerprint density at radius 3 is 2.29 bits per heavy atom. The van der Waals surface area contributed by atoms with Crippen LogP contribution in [-0.2, 0) is 5.60 Å². The number of hydrogen-bond acceptors (Lipinski definition) is 2. The number of Topliss-reactive ketones (excluding diaryl/α,β-unsaturated/α-hetero) is 1. The molecule has 2 N–H and O–H groups in total. The minimum atomic E-state index is -1.39. The second kappa shape index (κ2) is 9.53. The summed E-state index contributed by atoms with van der Waals surface area (Å²) in [6, 6.07) is 9.74. The molecule has 1 unspecified atom stereocenters. The van der Waals surface area contributed by atoms with Gasteiger partial charge in [-0.1, -0.05) is 52.5 Å². The molecule has 2 aromatic rings. The summed E-state index contributed by atoms with van der Waals surface area (Å²) in [5.74, 6) is -0.894. The third-order valence-corrected chi connectivity index (χ3v) is 6.44. The Balaban J connectivity index is 0.00000280. The zero-order valence-electron chi connectivity index (χ0n) is 15.1. The Hall–Kier alpha value is -0.520. The molecule has 1 aliphatic heterocycles. The predicted molar refractivity (Wildman–Crippen MR) is 110 cm³/mol. The van der Waals surface area contributed by atoms with Crippen molar-refractivity contribution < 1.29 is 27.2 Å². The van der Waals surface area contributed by atoms with Crippen molar-refractivity contribution >= 4 is 52.2 Å². The molecule has 0 aromatic heterocycles. The van der Waals surface area contributed by atoms with Gasteiger partial charge in [-0.2, -0.15) is 0 Å². The van der Waals surface area contributed by atoms with Gasteiger partial charge in [-0.15, -0.1) is 0 Å². The van der Waals surface area contributed by atoms with Gasteiger partial charge in [-0.3, -0.25) is 4.79 Å². The van der Waals surface area contributed by atoms with Crippen molar-refractivity contribution in [2.45, 2.75) is 18.9 Å². The largest absolute Gasteiger partial charge is 1.00 e. The number of hydrogen-bond donors (Lipinski definition) is 2. The van der Waals surface area contributed by atoms with E-state index in [2.05, 4.69) is 6.92 Å². The number of likely N-dealkylation sites (tertiary alicyclic amines) is 1. The summed E-state index contributed by atoms with van der Waals surface area (Å²) in [7, 11) is 0. The molecule has 0 spiro atoms. The van der Waals surface area contributed by atoms with Crippen LogP contribution in [0.2, 0.25) is 20.1 Å². The molecule has 28 heavy (non-hydrogen) atoms. The van der Waals surface area contributed by atoms with Gasteiger partial charge in [0.15, 0.2) is 5.78 Å². The molecule has 0 amide bonds. The highest BCUT2D eigenvalue weighted by Crippen LogP contribution is 2.41. The Bertz CT molecular complexity index is 876. The Kier molecular flexibility index (Phi) is 8.08. The van der Waals surface area contributed by atoms with Gasteiger partial charge in [0.25, 0.3) is 0 Å². The Morgan fingerprint density at radius 1 is 1.11 bits per heavy atom. The summed E-state index contributed by atoms with van der Waals surface area (Å²) in [6.45, 7) is 4.15. The van der Waals surface area contributed by atoms with Crippen LogP contribution in [0.15, 0.2) is 36.4 Å². The smallest absolute Gasteiger partial charge is 0.176 e. The number of rotatable bonds is 4. The highest BCUT2D eigenvalue weighted by Gasteiger charge is 2.50. The van der Waals surface area contributed by atoms with Crippen molar-refractivity contribution in [1.29, 1.82) is 0 Å². The van der Waals surface area contributed by atoms with Crippen LogP contribution in [0.4, 0.5) is 0 Å². The Labute approximate surface area is 190 Å². The quantitative estimate of drug-likeness (QED) is 0.644. The van der Waals surface area contributed by atoms with Gasteiger partial charge in [0.05, 0.1) is 24.7 Å². The molecule has 3 rings (SSSR count). The number of aliphatic hydroxyl groups is 1. The summed E-state index contributed by atoms with van der Waals surface area (Å²) >= 11 is 24.6. The fraction of sp³-hybridized carbons (Fsp3) is 0.350. The monoisotopic (exact) mass is 481 g/mol. The molecule has 8 heteroatoms. The molecule has 1 heterocycles. The van der Waals surface area contributed by atoms with Gasteiger partial charge in [-0.05, 0) is 37.3 Å². The molecular weight excluding hydrogens is 463 g/mol. The van der Waals surface area contributed by atoms with Crippen LogP contribution >= 0.6 is 46.4 Å². The minimum absolute atomic E-state index is 0. The molecule has 3 atom stereocenters. The van der Waals surface area contributed by atoms with Crippen molar-refractivity contribution in [1.82, 2.24) is 0 Å². The first-order valence-corrected chi connectivity index (χ1v) is 10.3. The molecule has 1 fully saturated rings. The lowest BCUT2D eigenvalue weighted by Gasteiger charge is -2.42. The Morgan fingerprint density at radius 2 is 1.71 bits per heavy atom. The maximum Gasteiger partial charge on any atom is 0.176 e. The highest BCUT2D eigenvalue weighted by molar-refractivity contribution is 6.37. The van der Waals surface area contributed by atoms with E-state index >= 15 is 0 Å². The van der Waals surface area contributed by atoms with Crippen molar-refractivity contribution in [3.05, 3.63) is 67.6 Å². The maximum absolute atomic E-state index is 13.4. The van der Waals surface area contributed by atoms with Gasteiger partial charge < -0.3 is 22.4 Å². The van der Waals surface area contributed by atoms with E-state index in [1.807, 2.05) is 0 Å². The lowest BCUT2D eigenvalue weighted by molar-refractivity contribution is -0.908. The van der Waals surface area contributed by atoms with E-state index in [0.717, 1.165) is 13.1 Å². The normalized spacial score (nSPS) is 24.5. The predicted octanol–water partition coefficient (Wildman–Crippen LogP) is 1.30. The van der Waals surface area contributed by atoms with Crippen molar-refractivity contribution in [2.24, 2.45) is 5.92 Å². The van der Waals surface area contributed by atoms with Crippen LogP contribution in [0.25, 0.3) is 0 Å². The molecule has 1 aliphatic rings. The van der Waals surface area contributed by atoms with Gasteiger partial charge in [0.1, 0.15) is 11.5 Å². The van der Waals surface area contributed by atoms with E-state index in [1.54, 1.807) is 30.3 Å².